The molecule has 0 spiro atoms. The SMILES string of the molecule is CCNC(=NCCCN1CCC(O)CC1)NCCc1cccc(F)c1.I. The number of hydrogen-bond acceptors (Lipinski definition) is 3. The molecule has 1 aromatic carbocycles. The smallest absolute Gasteiger partial charge is 0.191 e. The number of aliphatic imine (C=N–C) groups is 1. The molecule has 1 aromatic rings. The van der Waals surface area contributed by atoms with Gasteiger partial charge >= 0.3 is 0 Å². The van der Waals surface area contributed by atoms with Crippen LogP contribution in [0.15, 0.2) is 29.3 Å². The van der Waals surface area contributed by atoms with E-state index in [1.807, 2.05) is 13.0 Å². The van der Waals surface area contributed by atoms with Gasteiger partial charge in [0, 0.05) is 32.7 Å². The zero-order valence-corrected chi connectivity index (χ0v) is 17.9. The van der Waals surface area contributed by atoms with Crippen LogP contribution in [0.5, 0.6) is 0 Å². The van der Waals surface area contributed by atoms with Crippen LogP contribution in [0.4, 0.5) is 4.39 Å². The average Bonchev–Trinajstić information content (AvgIpc) is 2.60. The van der Waals surface area contributed by atoms with Gasteiger partial charge in [-0.15, -0.1) is 24.0 Å². The van der Waals surface area contributed by atoms with Crippen molar-refractivity contribution < 1.29 is 9.50 Å². The molecule has 0 bridgehead atoms. The molecule has 1 saturated heterocycles. The fraction of sp³-hybridized carbons (Fsp3) is 0.632. The Balaban J connectivity index is 0.00000338. The van der Waals surface area contributed by atoms with Gasteiger partial charge < -0.3 is 20.6 Å². The summed E-state index contributed by atoms with van der Waals surface area (Å²) in [6.07, 6.45) is 3.42. The number of guanidine groups is 1. The van der Waals surface area contributed by atoms with Crippen LogP contribution in [0.3, 0.4) is 0 Å². The zero-order valence-electron chi connectivity index (χ0n) is 15.6. The molecular formula is C19H32FIN4O. The van der Waals surface area contributed by atoms with E-state index in [1.54, 1.807) is 12.1 Å². The van der Waals surface area contributed by atoms with Crippen LogP contribution in [0, 0.1) is 5.82 Å². The maximum absolute atomic E-state index is 13.2. The van der Waals surface area contributed by atoms with E-state index in [1.165, 1.54) is 6.07 Å². The first kappa shape index (κ1) is 23.1. The molecule has 0 aliphatic carbocycles. The van der Waals surface area contributed by atoms with Gasteiger partial charge in [0.25, 0.3) is 0 Å². The van der Waals surface area contributed by atoms with Crippen molar-refractivity contribution in [2.75, 3.05) is 39.3 Å². The molecule has 1 aliphatic rings. The molecule has 0 radical (unpaired) electrons. The summed E-state index contributed by atoms with van der Waals surface area (Å²) in [6.45, 7) is 7.35. The number of aliphatic hydroxyl groups excluding tert-OH is 1. The Labute approximate surface area is 173 Å². The minimum absolute atomic E-state index is 0. The highest BCUT2D eigenvalue weighted by Gasteiger charge is 2.15. The van der Waals surface area contributed by atoms with Gasteiger partial charge in [-0.25, -0.2) is 4.39 Å². The lowest BCUT2D eigenvalue weighted by Gasteiger charge is -2.29. The van der Waals surface area contributed by atoms with Crippen LogP contribution in [-0.4, -0.2) is 61.3 Å². The lowest BCUT2D eigenvalue weighted by atomic mass is 10.1. The van der Waals surface area contributed by atoms with Crippen molar-refractivity contribution in [1.82, 2.24) is 15.5 Å². The first-order chi connectivity index (χ1) is 12.2. The summed E-state index contributed by atoms with van der Waals surface area (Å²) in [5.41, 5.74) is 0.982. The minimum Gasteiger partial charge on any atom is -0.393 e. The van der Waals surface area contributed by atoms with Gasteiger partial charge in [0.15, 0.2) is 5.96 Å². The average molecular weight is 478 g/mol. The number of nitrogens with zero attached hydrogens (tertiary/aromatic N) is 2. The summed E-state index contributed by atoms with van der Waals surface area (Å²) >= 11 is 0. The zero-order chi connectivity index (χ0) is 17.9. The van der Waals surface area contributed by atoms with E-state index < -0.39 is 0 Å². The Kier molecular flexibility index (Phi) is 11.8. The Morgan fingerprint density at radius 2 is 2.08 bits per heavy atom. The second-order valence-corrected chi connectivity index (χ2v) is 6.49. The van der Waals surface area contributed by atoms with Gasteiger partial charge in [0.2, 0.25) is 0 Å². The maximum atomic E-state index is 13.2. The fourth-order valence-electron chi connectivity index (χ4n) is 2.99. The highest BCUT2D eigenvalue weighted by atomic mass is 127. The molecule has 3 N–H and O–H groups in total. The molecule has 0 unspecified atom stereocenters. The van der Waals surface area contributed by atoms with Crippen molar-refractivity contribution in [1.29, 1.82) is 0 Å². The number of halogens is 2. The van der Waals surface area contributed by atoms with E-state index in [2.05, 4.69) is 20.5 Å². The van der Waals surface area contributed by atoms with Crippen molar-refractivity contribution in [3.05, 3.63) is 35.6 Å². The summed E-state index contributed by atoms with van der Waals surface area (Å²) in [4.78, 5) is 7.00. The highest BCUT2D eigenvalue weighted by molar-refractivity contribution is 14.0. The first-order valence-corrected chi connectivity index (χ1v) is 9.34. The maximum Gasteiger partial charge on any atom is 0.191 e. The monoisotopic (exact) mass is 478 g/mol. The molecular weight excluding hydrogens is 446 g/mol. The van der Waals surface area contributed by atoms with Gasteiger partial charge in [-0.3, -0.25) is 4.99 Å². The van der Waals surface area contributed by atoms with Crippen molar-refractivity contribution in [3.8, 4) is 0 Å². The normalized spacial score (nSPS) is 16.2. The number of rotatable bonds is 8. The van der Waals surface area contributed by atoms with Crippen molar-refractivity contribution in [3.63, 3.8) is 0 Å². The summed E-state index contributed by atoms with van der Waals surface area (Å²) in [5.74, 6) is 0.622. The van der Waals surface area contributed by atoms with Crippen LogP contribution in [0.25, 0.3) is 0 Å². The summed E-state index contributed by atoms with van der Waals surface area (Å²) in [5, 5.41) is 16.1. The van der Waals surface area contributed by atoms with Gasteiger partial charge in [-0.1, -0.05) is 12.1 Å². The van der Waals surface area contributed by atoms with Crippen molar-refractivity contribution in [2.45, 2.75) is 38.7 Å². The summed E-state index contributed by atoms with van der Waals surface area (Å²) < 4.78 is 13.2. The standard InChI is InChI=1S/C19H31FN4O.HI/c1-2-21-19(23-11-7-16-5-3-6-17(20)15-16)22-10-4-12-24-13-8-18(25)9-14-24;/h3,5-6,15,18,25H,2,4,7-14H2,1H3,(H2,21,22,23);1H. The Morgan fingerprint density at radius 3 is 2.77 bits per heavy atom. The second kappa shape index (κ2) is 13.3. The van der Waals surface area contributed by atoms with E-state index in [4.69, 9.17) is 0 Å². The molecule has 0 atom stereocenters. The minimum atomic E-state index is -0.191. The predicted octanol–water partition coefficient (Wildman–Crippen LogP) is 2.39. The van der Waals surface area contributed by atoms with Crippen LogP contribution in [-0.2, 0) is 6.42 Å². The topological polar surface area (TPSA) is 59.9 Å². The highest BCUT2D eigenvalue weighted by Crippen LogP contribution is 2.09. The van der Waals surface area contributed by atoms with Gasteiger partial charge in [-0.05, 0) is 56.8 Å². The van der Waals surface area contributed by atoms with Crippen molar-refractivity contribution in [2.24, 2.45) is 4.99 Å². The van der Waals surface area contributed by atoms with E-state index in [-0.39, 0.29) is 35.9 Å². The molecule has 0 amide bonds. The molecule has 5 nitrogen and oxygen atoms in total. The number of piperidine rings is 1. The van der Waals surface area contributed by atoms with Gasteiger partial charge in [-0.2, -0.15) is 0 Å². The third-order valence-corrected chi connectivity index (χ3v) is 4.40. The van der Waals surface area contributed by atoms with Gasteiger partial charge in [0.1, 0.15) is 5.82 Å². The number of nitrogens with one attached hydrogen (secondary N) is 2. The first-order valence-electron chi connectivity index (χ1n) is 9.34. The lowest BCUT2D eigenvalue weighted by Crippen LogP contribution is -2.39. The number of likely N-dealkylation sites (tertiary alicyclic amines) is 1. The van der Waals surface area contributed by atoms with Crippen molar-refractivity contribution >= 4 is 29.9 Å². The molecule has 0 saturated carbocycles. The molecule has 1 aliphatic heterocycles. The molecule has 7 heteroatoms. The molecule has 148 valence electrons. The van der Waals surface area contributed by atoms with E-state index in [0.29, 0.717) is 0 Å². The van der Waals surface area contributed by atoms with E-state index >= 15 is 0 Å². The lowest BCUT2D eigenvalue weighted by molar-refractivity contribution is 0.0824. The third-order valence-electron chi connectivity index (χ3n) is 4.40. The fourth-order valence-corrected chi connectivity index (χ4v) is 2.99. The third kappa shape index (κ3) is 9.14. The molecule has 1 heterocycles. The molecule has 26 heavy (non-hydrogen) atoms. The Bertz CT molecular complexity index is 536. The molecule has 0 aromatic heterocycles. The Morgan fingerprint density at radius 1 is 1.31 bits per heavy atom. The van der Waals surface area contributed by atoms with Gasteiger partial charge in [0.05, 0.1) is 6.10 Å². The molecule has 2 rings (SSSR count). The predicted molar refractivity (Wildman–Crippen MR) is 116 cm³/mol. The number of benzene rings is 1. The number of hydrogen-bond donors (Lipinski definition) is 3. The van der Waals surface area contributed by atoms with Crippen LogP contribution < -0.4 is 10.6 Å². The van der Waals surface area contributed by atoms with Crippen LogP contribution in [0.2, 0.25) is 0 Å². The second-order valence-electron chi connectivity index (χ2n) is 6.49. The van der Waals surface area contributed by atoms with E-state index in [0.717, 1.165) is 76.5 Å². The summed E-state index contributed by atoms with van der Waals surface area (Å²) in [7, 11) is 0. The van der Waals surface area contributed by atoms with Crippen LogP contribution >= 0.6 is 24.0 Å². The summed E-state index contributed by atoms with van der Waals surface area (Å²) in [6, 6.07) is 6.71. The Hall–Kier alpha value is -0.930. The molecule has 1 fully saturated rings. The van der Waals surface area contributed by atoms with E-state index in [9.17, 15) is 9.50 Å². The number of aliphatic hydroxyl groups is 1. The van der Waals surface area contributed by atoms with Crippen LogP contribution in [0.1, 0.15) is 31.7 Å². The quantitative estimate of drug-likeness (QED) is 0.233. The largest absolute Gasteiger partial charge is 0.393 e.